The number of hydrogen-bond acceptors (Lipinski definition) is 3. The van der Waals surface area contributed by atoms with E-state index in [0.29, 0.717) is 6.61 Å². The van der Waals surface area contributed by atoms with Gasteiger partial charge in [0.1, 0.15) is 8.25 Å². The SMILES string of the molecule is CCCCO[PH](=O)[O-].[Na+]. The second-order valence-electron chi connectivity index (χ2n) is 1.45. The van der Waals surface area contributed by atoms with Crippen LogP contribution in [0.15, 0.2) is 0 Å². The van der Waals surface area contributed by atoms with Crippen molar-refractivity contribution in [1.82, 2.24) is 0 Å². The Morgan fingerprint density at radius 1 is 1.67 bits per heavy atom. The summed E-state index contributed by atoms with van der Waals surface area (Å²) in [4.78, 5) is 9.73. The molecule has 0 amide bonds. The first-order chi connectivity index (χ1) is 3.77. The van der Waals surface area contributed by atoms with Gasteiger partial charge in [0.2, 0.25) is 0 Å². The molecule has 0 aromatic rings. The molecule has 1 atom stereocenters. The topological polar surface area (TPSA) is 49.4 Å². The summed E-state index contributed by atoms with van der Waals surface area (Å²) in [6.45, 7) is 2.32. The minimum atomic E-state index is -2.91. The van der Waals surface area contributed by atoms with Crippen LogP contribution in [0.5, 0.6) is 0 Å². The Kier molecular flexibility index (Phi) is 13.0. The van der Waals surface area contributed by atoms with Crippen molar-refractivity contribution in [3.05, 3.63) is 0 Å². The van der Waals surface area contributed by atoms with E-state index in [4.69, 9.17) is 0 Å². The molecule has 5 heteroatoms. The van der Waals surface area contributed by atoms with E-state index in [-0.39, 0.29) is 29.6 Å². The molecule has 0 spiro atoms. The van der Waals surface area contributed by atoms with Crippen molar-refractivity contribution in [3.8, 4) is 0 Å². The average Bonchev–Trinajstić information content (AvgIpc) is 1.66. The van der Waals surface area contributed by atoms with Gasteiger partial charge >= 0.3 is 29.6 Å². The van der Waals surface area contributed by atoms with Crippen molar-refractivity contribution < 1.29 is 43.5 Å². The maximum atomic E-state index is 9.73. The molecule has 0 fully saturated rings. The molecular formula is C4H10NaO3P. The standard InChI is InChI=1S/C4H11O3P.Na/c1-2-3-4-7-8(5)6;/h8H,2-4H2,1H3,(H,5,6);/q;+1/p-1. The monoisotopic (exact) mass is 160 g/mol. The molecular weight excluding hydrogens is 150 g/mol. The van der Waals surface area contributed by atoms with Gasteiger partial charge in [0.15, 0.2) is 0 Å². The first-order valence-electron chi connectivity index (χ1n) is 2.61. The third-order valence-electron chi connectivity index (χ3n) is 0.718. The minimum Gasteiger partial charge on any atom is -0.781 e. The molecule has 0 saturated carbocycles. The van der Waals surface area contributed by atoms with Crippen LogP contribution in [-0.4, -0.2) is 6.61 Å². The fourth-order valence-corrected chi connectivity index (χ4v) is 0.611. The van der Waals surface area contributed by atoms with Crippen LogP contribution in [0.25, 0.3) is 0 Å². The van der Waals surface area contributed by atoms with E-state index >= 15 is 0 Å². The van der Waals surface area contributed by atoms with Gasteiger partial charge < -0.3 is 14.0 Å². The first-order valence-corrected chi connectivity index (χ1v) is 3.83. The van der Waals surface area contributed by atoms with E-state index < -0.39 is 8.25 Å². The molecule has 1 unspecified atom stereocenters. The van der Waals surface area contributed by atoms with Gasteiger partial charge in [0.25, 0.3) is 0 Å². The number of unbranched alkanes of at least 4 members (excludes halogenated alkanes) is 1. The van der Waals surface area contributed by atoms with Crippen LogP contribution in [0.3, 0.4) is 0 Å². The molecule has 0 radical (unpaired) electrons. The van der Waals surface area contributed by atoms with Crippen molar-refractivity contribution >= 4 is 8.25 Å². The Morgan fingerprint density at radius 3 is 2.56 bits per heavy atom. The van der Waals surface area contributed by atoms with Crippen molar-refractivity contribution in [3.63, 3.8) is 0 Å². The third-order valence-corrected chi connectivity index (χ3v) is 1.16. The van der Waals surface area contributed by atoms with Crippen LogP contribution < -0.4 is 34.5 Å². The van der Waals surface area contributed by atoms with Gasteiger partial charge in [0, 0.05) is 0 Å². The Hall–Kier alpha value is 1.15. The molecule has 0 aliphatic rings. The summed E-state index contributed by atoms with van der Waals surface area (Å²) in [5.41, 5.74) is 0. The zero-order valence-electron chi connectivity index (χ0n) is 5.85. The van der Waals surface area contributed by atoms with Crippen molar-refractivity contribution in [2.75, 3.05) is 6.61 Å². The number of rotatable bonds is 4. The van der Waals surface area contributed by atoms with Gasteiger partial charge in [-0.3, -0.25) is 0 Å². The Bertz CT molecular complexity index is 78.2. The smallest absolute Gasteiger partial charge is 0.781 e. The van der Waals surface area contributed by atoms with Crippen molar-refractivity contribution in [2.24, 2.45) is 0 Å². The average molecular weight is 160 g/mol. The summed E-state index contributed by atoms with van der Waals surface area (Å²) in [6, 6.07) is 0. The first kappa shape index (κ1) is 12.8. The maximum Gasteiger partial charge on any atom is 1.00 e. The largest absolute Gasteiger partial charge is 1.00 e. The van der Waals surface area contributed by atoms with Gasteiger partial charge in [-0.1, -0.05) is 13.3 Å². The van der Waals surface area contributed by atoms with Crippen LogP contribution in [-0.2, 0) is 9.09 Å². The number of hydrogen-bond donors (Lipinski definition) is 0. The molecule has 0 rings (SSSR count). The van der Waals surface area contributed by atoms with Gasteiger partial charge in [0.05, 0.1) is 6.61 Å². The van der Waals surface area contributed by atoms with Crippen LogP contribution in [0.2, 0.25) is 0 Å². The van der Waals surface area contributed by atoms with E-state index in [1.165, 1.54) is 0 Å². The van der Waals surface area contributed by atoms with Gasteiger partial charge in [-0.25, -0.2) is 0 Å². The van der Waals surface area contributed by atoms with Gasteiger partial charge in [-0.2, -0.15) is 0 Å². The Labute approximate surface area is 78.0 Å². The summed E-state index contributed by atoms with van der Waals surface area (Å²) in [6.07, 6.45) is 1.79. The predicted octanol–water partition coefficient (Wildman–Crippen LogP) is -2.44. The maximum absolute atomic E-state index is 9.73. The van der Waals surface area contributed by atoms with E-state index in [0.717, 1.165) is 12.8 Å². The van der Waals surface area contributed by atoms with Crippen molar-refractivity contribution in [2.45, 2.75) is 19.8 Å². The summed E-state index contributed by atoms with van der Waals surface area (Å²) in [5, 5.41) is 0. The minimum absolute atomic E-state index is 0. The fourth-order valence-electron chi connectivity index (χ4n) is 0.300. The fraction of sp³-hybridized carbons (Fsp3) is 1.00. The summed E-state index contributed by atoms with van der Waals surface area (Å²) in [7, 11) is -2.91. The normalized spacial score (nSPS) is 12.2. The molecule has 50 valence electrons. The van der Waals surface area contributed by atoms with Crippen molar-refractivity contribution in [1.29, 1.82) is 0 Å². The van der Waals surface area contributed by atoms with E-state index in [9.17, 15) is 9.46 Å². The van der Waals surface area contributed by atoms with Crippen LogP contribution in [0.4, 0.5) is 0 Å². The molecule has 0 aromatic heterocycles. The molecule has 0 saturated heterocycles. The third kappa shape index (κ3) is 12.4. The Morgan fingerprint density at radius 2 is 2.22 bits per heavy atom. The second-order valence-corrected chi connectivity index (χ2v) is 2.24. The Balaban J connectivity index is 0. The van der Waals surface area contributed by atoms with Crippen LogP contribution in [0.1, 0.15) is 19.8 Å². The van der Waals surface area contributed by atoms with E-state index in [1.54, 1.807) is 0 Å². The molecule has 3 nitrogen and oxygen atoms in total. The summed E-state index contributed by atoms with van der Waals surface area (Å²) < 4.78 is 14.0. The van der Waals surface area contributed by atoms with Gasteiger partial charge in [-0.05, 0) is 6.42 Å². The summed E-state index contributed by atoms with van der Waals surface area (Å²) >= 11 is 0. The zero-order valence-corrected chi connectivity index (χ0v) is 8.85. The molecule has 0 N–H and O–H groups in total. The zero-order chi connectivity index (χ0) is 6.41. The van der Waals surface area contributed by atoms with Crippen LogP contribution in [0, 0.1) is 0 Å². The van der Waals surface area contributed by atoms with Gasteiger partial charge in [-0.15, -0.1) is 0 Å². The molecule has 0 aliphatic carbocycles. The molecule has 9 heavy (non-hydrogen) atoms. The summed E-state index contributed by atoms with van der Waals surface area (Å²) in [5.74, 6) is 0. The molecule has 0 heterocycles. The molecule has 0 bridgehead atoms. The quantitative estimate of drug-likeness (QED) is 0.261. The van der Waals surface area contributed by atoms with Crippen LogP contribution >= 0.6 is 8.25 Å². The predicted molar refractivity (Wildman–Crippen MR) is 29.9 cm³/mol. The molecule has 0 aromatic carbocycles. The second kappa shape index (κ2) is 9.15. The van der Waals surface area contributed by atoms with E-state index in [1.807, 2.05) is 6.92 Å². The van der Waals surface area contributed by atoms with E-state index in [2.05, 4.69) is 4.52 Å². The molecule has 0 aliphatic heterocycles.